The molecule has 3 rings (SSSR count). The molecule has 0 bridgehead atoms. The lowest BCUT2D eigenvalue weighted by Crippen LogP contribution is -2.44. The quantitative estimate of drug-likeness (QED) is 0.850. The van der Waals surface area contributed by atoms with Crippen LogP contribution in [0.25, 0.3) is 0 Å². The third kappa shape index (κ3) is 5.00. The first-order valence-electron chi connectivity index (χ1n) is 9.34. The molecular weight excluding hydrogens is 352 g/mol. The van der Waals surface area contributed by atoms with Gasteiger partial charge in [-0.15, -0.1) is 0 Å². The van der Waals surface area contributed by atoms with Crippen molar-refractivity contribution in [3.63, 3.8) is 0 Å². The average molecular weight is 383 g/mol. The summed E-state index contributed by atoms with van der Waals surface area (Å²) in [6.07, 6.45) is 4.82. The Hall–Kier alpha value is -0.560. The molecule has 6 heteroatoms. The van der Waals surface area contributed by atoms with Gasteiger partial charge >= 0.3 is 0 Å². The first kappa shape index (κ1) is 19.2. The minimum atomic E-state index is -3.40. The Morgan fingerprint density at radius 1 is 1.08 bits per heavy atom. The van der Waals surface area contributed by atoms with Gasteiger partial charge in [-0.2, -0.15) is 11.8 Å². The summed E-state index contributed by atoms with van der Waals surface area (Å²) < 4.78 is 27.9. The minimum Gasteiger partial charge on any atom is -0.300 e. The van der Waals surface area contributed by atoms with Gasteiger partial charge in [-0.3, -0.25) is 0 Å². The van der Waals surface area contributed by atoms with Crippen molar-refractivity contribution in [1.29, 1.82) is 0 Å². The van der Waals surface area contributed by atoms with Crippen molar-refractivity contribution >= 4 is 21.8 Å². The maximum atomic E-state index is 12.5. The number of rotatable bonds is 5. The number of likely N-dealkylation sites (tertiary alicyclic amines) is 1. The van der Waals surface area contributed by atoms with Crippen LogP contribution in [0.3, 0.4) is 0 Å². The molecule has 2 aliphatic rings. The number of thioether (sulfide) groups is 1. The van der Waals surface area contributed by atoms with Gasteiger partial charge in [0.15, 0.2) is 0 Å². The summed E-state index contributed by atoms with van der Waals surface area (Å²) >= 11 is 2.07. The summed E-state index contributed by atoms with van der Waals surface area (Å²) in [6.45, 7) is 6.74. The molecule has 0 spiro atoms. The van der Waals surface area contributed by atoms with Gasteiger partial charge in [-0.25, -0.2) is 13.1 Å². The Morgan fingerprint density at radius 2 is 1.76 bits per heavy atom. The van der Waals surface area contributed by atoms with Crippen molar-refractivity contribution in [2.75, 3.05) is 31.1 Å². The number of piperidine rings is 1. The molecule has 2 heterocycles. The van der Waals surface area contributed by atoms with E-state index >= 15 is 0 Å². The third-order valence-electron chi connectivity index (χ3n) is 5.71. The van der Waals surface area contributed by atoms with Crippen LogP contribution in [0.15, 0.2) is 23.1 Å². The smallest absolute Gasteiger partial charge is 0.240 e. The van der Waals surface area contributed by atoms with Gasteiger partial charge < -0.3 is 4.90 Å². The monoisotopic (exact) mass is 382 g/mol. The summed E-state index contributed by atoms with van der Waals surface area (Å²) in [7, 11) is -3.40. The van der Waals surface area contributed by atoms with Gasteiger partial charge in [-0.1, -0.05) is 6.07 Å². The van der Waals surface area contributed by atoms with E-state index in [1.807, 2.05) is 19.9 Å². The van der Waals surface area contributed by atoms with E-state index in [0.29, 0.717) is 17.4 Å². The number of nitrogens with one attached hydrogen (secondary N) is 1. The van der Waals surface area contributed by atoms with Crippen molar-refractivity contribution in [1.82, 2.24) is 9.62 Å². The summed E-state index contributed by atoms with van der Waals surface area (Å²) in [5.41, 5.74) is 2.13. The largest absolute Gasteiger partial charge is 0.300 e. The lowest BCUT2D eigenvalue weighted by Gasteiger charge is -2.39. The molecule has 0 radical (unpaired) electrons. The number of hydrogen-bond acceptors (Lipinski definition) is 4. The van der Waals surface area contributed by atoms with Gasteiger partial charge in [-0.05, 0) is 93.3 Å². The molecule has 0 amide bonds. The van der Waals surface area contributed by atoms with E-state index in [-0.39, 0.29) is 0 Å². The lowest BCUT2D eigenvalue weighted by molar-refractivity contribution is 0.127. The summed E-state index contributed by atoms with van der Waals surface area (Å²) in [5, 5.41) is 0. The molecule has 2 fully saturated rings. The molecule has 140 valence electrons. The zero-order valence-corrected chi connectivity index (χ0v) is 17.0. The van der Waals surface area contributed by atoms with Crippen LogP contribution in [0.4, 0.5) is 0 Å². The number of aryl methyl sites for hydroxylation is 2. The second-order valence-electron chi connectivity index (χ2n) is 7.42. The van der Waals surface area contributed by atoms with E-state index in [1.165, 1.54) is 24.3 Å². The molecule has 0 aromatic heterocycles. The van der Waals surface area contributed by atoms with Gasteiger partial charge in [0.2, 0.25) is 10.0 Å². The maximum Gasteiger partial charge on any atom is 0.240 e. The van der Waals surface area contributed by atoms with Crippen LogP contribution in [-0.2, 0) is 10.0 Å². The summed E-state index contributed by atoms with van der Waals surface area (Å²) in [4.78, 5) is 3.02. The fraction of sp³-hybridized carbons (Fsp3) is 0.684. The summed E-state index contributed by atoms with van der Waals surface area (Å²) in [5.74, 6) is 3.04. The molecule has 4 nitrogen and oxygen atoms in total. The van der Waals surface area contributed by atoms with Crippen LogP contribution < -0.4 is 4.72 Å². The van der Waals surface area contributed by atoms with Crippen LogP contribution in [0.5, 0.6) is 0 Å². The van der Waals surface area contributed by atoms with E-state index in [9.17, 15) is 8.42 Å². The minimum absolute atomic E-state index is 0.382. The molecule has 1 N–H and O–H groups in total. The zero-order chi connectivity index (χ0) is 17.9. The van der Waals surface area contributed by atoms with Crippen LogP contribution in [-0.4, -0.2) is 50.5 Å². The van der Waals surface area contributed by atoms with Gasteiger partial charge in [0.1, 0.15) is 0 Å². The van der Waals surface area contributed by atoms with E-state index in [0.717, 1.165) is 43.1 Å². The molecule has 0 atom stereocenters. The molecule has 0 aliphatic carbocycles. The maximum absolute atomic E-state index is 12.5. The van der Waals surface area contributed by atoms with Crippen molar-refractivity contribution in [3.05, 3.63) is 29.3 Å². The Kier molecular flexibility index (Phi) is 6.47. The SMILES string of the molecule is Cc1ccc(S(=O)(=O)NCC2CCN(C3CCSCC3)CC2)cc1C. The number of benzene rings is 1. The highest BCUT2D eigenvalue weighted by molar-refractivity contribution is 7.99. The summed E-state index contributed by atoms with van der Waals surface area (Å²) in [6, 6.07) is 6.11. The van der Waals surface area contributed by atoms with Gasteiger partial charge in [0.25, 0.3) is 0 Å². The molecule has 1 aromatic rings. The van der Waals surface area contributed by atoms with Crippen molar-refractivity contribution < 1.29 is 8.42 Å². The molecule has 25 heavy (non-hydrogen) atoms. The highest BCUT2D eigenvalue weighted by Gasteiger charge is 2.27. The molecule has 0 unspecified atom stereocenters. The van der Waals surface area contributed by atoms with Crippen molar-refractivity contribution in [3.8, 4) is 0 Å². The van der Waals surface area contributed by atoms with Crippen LogP contribution in [0.2, 0.25) is 0 Å². The first-order chi connectivity index (χ1) is 12.0. The fourth-order valence-corrected chi connectivity index (χ4v) is 6.05. The topological polar surface area (TPSA) is 49.4 Å². The van der Waals surface area contributed by atoms with E-state index in [4.69, 9.17) is 0 Å². The van der Waals surface area contributed by atoms with Crippen molar-refractivity contribution in [2.24, 2.45) is 5.92 Å². The molecule has 0 saturated carbocycles. The van der Waals surface area contributed by atoms with E-state index < -0.39 is 10.0 Å². The van der Waals surface area contributed by atoms with Crippen LogP contribution in [0.1, 0.15) is 36.8 Å². The Labute approximate surface area is 156 Å². The van der Waals surface area contributed by atoms with Crippen LogP contribution >= 0.6 is 11.8 Å². The number of hydrogen-bond donors (Lipinski definition) is 1. The van der Waals surface area contributed by atoms with Crippen molar-refractivity contribution in [2.45, 2.75) is 50.5 Å². The molecule has 1 aromatic carbocycles. The normalized spacial score (nSPS) is 21.5. The van der Waals surface area contributed by atoms with E-state index in [2.05, 4.69) is 21.4 Å². The predicted molar refractivity (Wildman–Crippen MR) is 106 cm³/mol. The Bertz CT molecular complexity index is 677. The third-order valence-corrected chi connectivity index (χ3v) is 8.18. The second kappa shape index (κ2) is 8.42. The molecular formula is C19H30N2O2S2. The second-order valence-corrected chi connectivity index (χ2v) is 10.4. The van der Waals surface area contributed by atoms with E-state index in [1.54, 1.807) is 12.1 Å². The van der Waals surface area contributed by atoms with Gasteiger partial charge in [0.05, 0.1) is 4.90 Å². The number of nitrogens with zero attached hydrogens (tertiary/aromatic N) is 1. The number of sulfonamides is 1. The highest BCUT2D eigenvalue weighted by Crippen LogP contribution is 2.26. The zero-order valence-electron chi connectivity index (χ0n) is 15.3. The lowest BCUT2D eigenvalue weighted by atomic mass is 9.95. The Balaban J connectivity index is 1.49. The fourth-order valence-electron chi connectivity index (χ4n) is 3.76. The van der Waals surface area contributed by atoms with Gasteiger partial charge in [0, 0.05) is 12.6 Å². The first-order valence-corrected chi connectivity index (χ1v) is 12.0. The molecule has 2 saturated heterocycles. The highest BCUT2D eigenvalue weighted by atomic mass is 32.2. The molecule has 2 aliphatic heterocycles. The Morgan fingerprint density at radius 3 is 2.40 bits per heavy atom. The average Bonchev–Trinajstić information content (AvgIpc) is 2.63. The van der Waals surface area contributed by atoms with Crippen LogP contribution in [0, 0.1) is 19.8 Å². The standard InChI is InChI=1S/C19H30N2O2S2/c1-15-3-4-19(13-16(15)2)25(22,23)20-14-17-5-9-21(10-6-17)18-7-11-24-12-8-18/h3-4,13,17-18,20H,5-12,14H2,1-2H3. The predicted octanol–water partition coefficient (Wildman–Crippen LogP) is 3.19.